The maximum absolute atomic E-state index is 14.9. The van der Waals surface area contributed by atoms with Crippen molar-refractivity contribution in [3.05, 3.63) is 100 Å². The summed E-state index contributed by atoms with van der Waals surface area (Å²) in [6.07, 6.45) is -5.93. The molecule has 1 fully saturated rings. The first kappa shape index (κ1) is 27.9. The van der Waals surface area contributed by atoms with Gasteiger partial charge in [0.2, 0.25) is 5.91 Å². The topological polar surface area (TPSA) is 56.0 Å². The van der Waals surface area contributed by atoms with E-state index >= 15 is 0 Å². The largest absolute Gasteiger partial charge is 0.369 e. The van der Waals surface area contributed by atoms with Gasteiger partial charge < -0.3 is 5.73 Å². The predicted molar refractivity (Wildman–Crippen MR) is 127 cm³/mol. The number of rotatable bonds is 10. The van der Waals surface area contributed by atoms with Crippen molar-refractivity contribution in [1.29, 1.82) is 0 Å². The second-order valence-electron chi connectivity index (χ2n) is 9.70. The van der Waals surface area contributed by atoms with E-state index in [9.17, 15) is 35.5 Å². The van der Waals surface area contributed by atoms with Crippen LogP contribution >= 0.6 is 11.6 Å². The lowest BCUT2D eigenvalue weighted by Gasteiger charge is -2.37. The minimum absolute atomic E-state index is 0.0891. The molecule has 11 heteroatoms. The number of alkyl halides is 6. The summed E-state index contributed by atoms with van der Waals surface area (Å²) in [6, 6.07) is 13.9. The van der Waals surface area contributed by atoms with Crippen LogP contribution in [0.2, 0.25) is 5.02 Å². The van der Waals surface area contributed by atoms with Crippen molar-refractivity contribution >= 4 is 17.5 Å². The number of aromatic nitrogens is 1. The lowest BCUT2D eigenvalue weighted by atomic mass is 9.66. The van der Waals surface area contributed by atoms with Crippen molar-refractivity contribution in [3.8, 4) is 0 Å². The number of amides is 1. The first-order valence-corrected chi connectivity index (χ1v) is 11.9. The third kappa shape index (κ3) is 5.23. The highest BCUT2D eigenvalue weighted by atomic mass is 35.5. The number of carbonyl (C=O) groups excluding carboxylic acids is 1. The van der Waals surface area contributed by atoms with Crippen LogP contribution in [0.1, 0.15) is 35.2 Å². The highest BCUT2D eigenvalue weighted by Gasteiger charge is 2.76. The van der Waals surface area contributed by atoms with Crippen molar-refractivity contribution in [2.75, 3.05) is 0 Å². The minimum Gasteiger partial charge on any atom is -0.369 e. The van der Waals surface area contributed by atoms with Gasteiger partial charge in [-0.3, -0.25) is 9.78 Å². The number of hydrogen-bond acceptors (Lipinski definition) is 2. The molecule has 3 nitrogen and oxygen atoms in total. The maximum Gasteiger partial charge on any atom is 0.311 e. The van der Waals surface area contributed by atoms with Crippen LogP contribution in [-0.2, 0) is 23.1 Å². The molecule has 0 aliphatic heterocycles. The van der Waals surface area contributed by atoms with Crippen molar-refractivity contribution < 1.29 is 35.5 Å². The zero-order chi connectivity index (χ0) is 27.9. The molecule has 3 aromatic rings. The fraction of sp³-hybridized carbons (Fsp3) is 0.333. The van der Waals surface area contributed by atoms with Crippen LogP contribution in [0.3, 0.4) is 0 Å². The third-order valence-electron chi connectivity index (χ3n) is 7.01. The van der Waals surface area contributed by atoms with Crippen LogP contribution in [0, 0.1) is 11.2 Å². The molecule has 202 valence electrons. The number of nitrogens with two attached hydrogens (primary N) is 1. The number of carbonyl (C=O) groups is 1. The Kier molecular flexibility index (Phi) is 7.24. The van der Waals surface area contributed by atoms with Crippen molar-refractivity contribution in [3.63, 3.8) is 0 Å². The monoisotopic (exact) mass is 558 g/mol. The summed E-state index contributed by atoms with van der Waals surface area (Å²) in [5.41, 5.74) is 1.49. The molecule has 4 rings (SSSR count). The van der Waals surface area contributed by atoms with Gasteiger partial charge in [0.05, 0.1) is 10.7 Å². The molecular weight excluding hydrogens is 537 g/mol. The predicted octanol–water partition coefficient (Wildman–Crippen LogP) is 6.75. The molecule has 0 saturated heterocycles. The van der Waals surface area contributed by atoms with Gasteiger partial charge in [-0.2, -0.15) is 8.78 Å². The average Bonchev–Trinajstić information content (AvgIpc) is 3.40. The average molecular weight is 559 g/mol. The lowest BCUT2D eigenvalue weighted by molar-refractivity contribution is -0.127. The first-order valence-electron chi connectivity index (χ1n) is 11.5. The zero-order valence-corrected chi connectivity index (χ0v) is 20.5. The minimum atomic E-state index is -4.47. The number of pyridine rings is 1. The Morgan fingerprint density at radius 2 is 1.68 bits per heavy atom. The van der Waals surface area contributed by atoms with E-state index in [-0.39, 0.29) is 22.7 Å². The normalized spacial score (nSPS) is 20.2. The van der Waals surface area contributed by atoms with E-state index in [1.807, 2.05) is 0 Å². The van der Waals surface area contributed by atoms with E-state index in [1.54, 1.807) is 30.3 Å². The second kappa shape index (κ2) is 9.87. The Hall–Kier alpha value is -3.14. The zero-order valence-electron chi connectivity index (χ0n) is 19.7. The molecular formula is C27H22ClF7N2O. The van der Waals surface area contributed by atoms with Gasteiger partial charge in [0, 0.05) is 24.5 Å². The number of halogens is 8. The van der Waals surface area contributed by atoms with Gasteiger partial charge in [-0.05, 0) is 53.8 Å². The summed E-state index contributed by atoms with van der Waals surface area (Å²) in [4.78, 5) is 16.7. The van der Waals surface area contributed by atoms with Crippen LogP contribution in [0.4, 0.5) is 30.7 Å². The van der Waals surface area contributed by atoms with E-state index in [1.165, 1.54) is 18.3 Å². The maximum atomic E-state index is 14.9. The van der Waals surface area contributed by atoms with Gasteiger partial charge in [0.25, 0.3) is 5.92 Å². The Bertz CT molecular complexity index is 1320. The molecule has 1 aliphatic carbocycles. The Morgan fingerprint density at radius 1 is 1.03 bits per heavy atom. The van der Waals surface area contributed by atoms with Crippen LogP contribution in [0.25, 0.3) is 0 Å². The van der Waals surface area contributed by atoms with E-state index in [0.717, 1.165) is 12.1 Å². The molecule has 1 aliphatic rings. The van der Waals surface area contributed by atoms with Gasteiger partial charge in [-0.15, -0.1) is 0 Å². The van der Waals surface area contributed by atoms with Crippen LogP contribution < -0.4 is 5.73 Å². The Morgan fingerprint density at radius 3 is 2.21 bits per heavy atom. The molecule has 1 amide bonds. The van der Waals surface area contributed by atoms with Crippen molar-refractivity contribution in [2.45, 2.75) is 49.4 Å². The summed E-state index contributed by atoms with van der Waals surface area (Å²) in [7, 11) is 0. The van der Waals surface area contributed by atoms with Crippen molar-refractivity contribution in [2.24, 2.45) is 11.1 Å². The molecule has 0 spiro atoms. The fourth-order valence-electron chi connectivity index (χ4n) is 4.97. The van der Waals surface area contributed by atoms with Crippen LogP contribution in [-0.4, -0.2) is 29.2 Å². The molecule has 1 heterocycles. The molecule has 2 N–H and O–H groups in total. The standard InChI is InChI=1S/C27H22ClF7N2O/c28-19-6-7-21(37-13-19)24(11-16-4-2-1-3-5-16,14-25(23(36)38)15-27(25,34)35)18-8-17(9-20(29)10-18)12-26(32,33)22(30)31/h1-10,13,22H,11-12,14-15H2,(H2,36,38)/t24-,25?/m1/s1. The Balaban J connectivity index is 1.98. The molecule has 1 saturated carbocycles. The van der Waals surface area contributed by atoms with E-state index in [4.69, 9.17) is 17.3 Å². The summed E-state index contributed by atoms with van der Waals surface area (Å²) in [6.45, 7) is 0. The third-order valence-corrected chi connectivity index (χ3v) is 7.23. The van der Waals surface area contributed by atoms with Gasteiger partial charge >= 0.3 is 12.3 Å². The SMILES string of the molecule is NC(=O)C1(C[C@](Cc2ccccc2)(c2cc(F)cc(CC(F)(F)C(F)F)c2)c2ccc(Cl)cn2)CC1(F)F. The first-order chi connectivity index (χ1) is 17.7. The van der Waals surface area contributed by atoms with Crippen LogP contribution in [0.15, 0.2) is 66.9 Å². The molecule has 2 atom stereocenters. The smallest absolute Gasteiger partial charge is 0.311 e. The summed E-state index contributed by atoms with van der Waals surface area (Å²) in [5.74, 6) is -10.3. The Labute approximate surface area is 218 Å². The van der Waals surface area contributed by atoms with Gasteiger partial charge in [-0.25, -0.2) is 22.0 Å². The summed E-state index contributed by atoms with van der Waals surface area (Å²) in [5, 5.41) is 0.195. The molecule has 0 radical (unpaired) electrons. The van der Waals surface area contributed by atoms with E-state index in [0.29, 0.717) is 11.6 Å². The second-order valence-corrected chi connectivity index (χ2v) is 10.1. The number of primary amides is 1. The van der Waals surface area contributed by atoms with Gasteiger partial charge in [0.15, 0.2) is 0 Å². The number of nitrogens with zero attached hydrogens (tertiary/aromatic N) is 1. The number of hydrogen-bond donors (Lipinski definition) is 1. The van der Waals surface area contributed by atoms with E-state index < -0.39 is 65.7 Å². The number of benzene rings is 2. The van der Waals surface area contributed by atoms with Crippen LogP contribution in [0.5, 0.6) is 0 Å². The lowest BCUT2D eigenvalue weighted by Crippen LogP contribution is -2.41. The summed E-state index contributed by atoms with van der Waals surface area (Å²) >= 11 is 5.99. The van der Waals surface area contributed by atoms with E-state index in [2.05, 4.69) is 4.98 Å². The quantitative estimate of drug-likeness (QED) is 0.280. The highest BCUT2D eigenvalue weighted by Crippen LogP contribution is 2.66. The molecule has 1 unspecified atom stereocenters. The van der Waals surface area contributed by atoms with Gasteiger partial charge in [0.1, 0.15) is 11.2 Å². The molecule has 2 aromatic carbocycles. The summed E-state index contributed by atoms with van der Waals surface area (Å²) < 4.78 is 98.1. The molecule has 38 heavy (non-hydrogen) atoms. The highest BCUT2D eigenvalue weighted by molar-refractivity contribution is 6.30. The molecule has 0 bridgehead atoms. The fourth-order valence-corrected chi connectivity index (χ4v) is 5.08. The molecule has 1 aromatic heterocycles. The van der Waals surface area contributed by atoms with Gasteiger partial charge in [-0.1, -0.05) is 48.0 Å². The van der Waals surface area contributed by atoms with Crippen molar-refractivity contribution in [1.82, 2.24) is 4.98 Å².